The molecule has 0 fully saturated rings. The number of nitrogens with one attached hydrogen (secondary N) is 1. The number of carbonyl (C=O) groups excluding carboxylic acids is 3. The molecule has 1 aromatic heterocycles. The Kier molecular flexibility index (Phi) is 5.97. The largest absolute Gasteiger partial charge is 0.468 e. The van der Waals surface area contributed by atoms with Crippen LogP contribution in [0.2, 0.25) is 0 Å². The number of thiophene rings is 1. The molecule has 1 aliphatic carbocycles. The molecule has 1 aliphatic heterocycles. The first-order valence-electron chi connectivity index (χ1n) is 10.1. The van der Waals surface area contributed by atoms with E-state index in [4.69, 9.17) is 9.47 Å². The van der Waals surface area contributed by atoms with Crippen molar-refractivity contribution in [1.82, 2.24) is 5.32 Å². The van der Waals surface area contributed by atoms with E-state index in [1.165, 1.54) is 43.8 Å². The van der Waals surface area contributed by atoms with Gasteiger partial charge in [-0.25, -0.2) is 9.18 Å². The number of methoxy groups -OCH3 is 2. The summed E-state index contributed by atoms with van der Waals surface area (Å²) in [6.45, 7) is 1.72. The average Bonchev–Trinajstić information content (AvgIpc) is 3.32. The molecule has 8 heteroatoms. The number of Topliss-reactive ketones (excluding diaryl/α,β-unsaturated/α-hetero) is 1. The molecule has 0 spiro atoms. The minimum absolute atomic E-state index is 0.211. The van der Waals surface area contributed by atoms with Crippen molar-refractivity contribution in [3.05, 3.63) is 80.6 Å². The second kappa shape index (κ2) is 8.70. The van der Waals surface area contributed by atoms with Crippen LogP contribution in [0.4, 0.5) is 4.39 Å². The smallest absolute Gasteiger partial charge is 0.336 e. The third-order valence-electron chi connectivity index (χ3n) is 5.97. The fraction of sp³-hybridized carbons (Fsp3) is 0.292. The molecule has 2 heterocycles. The highest BCUT2D eigenvalue weighted by Gasteiger charge is 2.49. The Morgan fingerprint density at radius 2 is 1.94 bits per heavy atom. The highest BCUT2D eigenvalue weighted by molar-refractivity contribution is 7.10. The number of ketones is 1. The number of esters is 2. The van der Waals surface area contributed by atoms with Crippen LogP contribution >= 0.6 is 11.3 Å². The minimum Gasteiger partial charge on any atom is -0.468 e. The van der Waals surface area contributed by atoms with Gasteiger partial charge in [-0.05, 0) is 42.5 Å². The SMILES string of the molecule is COC(=O)C1=C(C)NC2=C(C(=O)[C@H](C(=O)OC)[C@@H](c3cccs3)C2)[C@@H]1c1cccc(F)c1. The number of carbonyl (C=O) groups is 3. The summed E-state index contributed by atoms with van der Waals surface area (Å²) in [6.07, 6.45) is 0.374. The van der Waals surface area contributed by atoms with E-state index in [0.717, 1.165) is 4.88 Å². The van der Waals surface area contributed by atoms with Gasteiger partial charge in [0, 0.05) is 33.7 Å². The number of ether oxygens (including phenoxy) is 2. The van der Waals surface area contributed by atoms with Gasteiger partial charge in [-0.2, -0.15) is 0 Å². The van der Waals surface area contributed by atoms with Crippen molar-refractivity contribution in [2.45, 2.75) is 25.2 Å². The number of benzene rings is 1. The molecule has 1 aromatic carbocycles. The molecule has 3 atom stereocenters. The van der Waals surface area contributed by atoms with Crippen molar-refractivity contribution < 1.29 is 28.2 Å². The maximum absolute atomic E-state index is 14.1. The Morgan fingerprint density at radius 1 is 1.16 bits per heavy atom. The van der Waals surface area contributed by atoms with Crippen LogP contribution in [0.25, 0.3) is 0 Å². The van der Waals surface area contributed by atoms with E-state index in [1.807, 2.05) is 17.5 Å². The maximum Gasteiger partial charge on any atom is 0.336 e. The fourth-order valence-electron chi connectivity index (χ4n) is 4.60. The van der Waals surface area contributed by atoms with Crippen LogP contribution < -0.4 is 5.32 Å². The molecule has 0 radical (unpaired) electrons. The summed E-state index contributed by atoms with van der Waals surface area (Å²) in [6, 6.07) is 9.53. The Morgan fingerprint density at radius 3 is 2.56 bits per heavy atom. The van der Waals surface area contributed by atoms with Gasteiger partial charge in [0.25, 0.3) is 0 Å². The topological polar surface area (TPSA) is 81.7 Å². The Bertz CT molecular complexity index is 1150. The van der Waals surface area contributed by atoms with E-state index >= 15 is 0 Å². The van der Waals surface area contributed by atoms with Gasteiger partial charge in [0.1, 0.15) is 11.7 Å². The van der Waals surface area contributed by atoms with Crippen molar-refractivity contribution in [3.63, 3.8) is 0 Å². The average molecular weight is 456 g/mol. The predicted octanol–water partition coefficient (Wildman–Crippen LogP) is 3.82. The van der Waals surface area contributed by atoms with Crippen LogP contribution in [0.5, 0.6) is 0 Å². The van der Waals surface area contributed by atoms with Gasteiger partial charge in [0.15, 0.2) is 5.78 Å². The lowest BCUT2D eigenvalue weighted by Crippen LogP contribution is -2.43. The molecular weight excluding hydrogens is 433 g/mol. The molecule has 4 rings (SSSR count). The van der Waals surface area contributed by atoms with E-state index in [1.54, 1.807) is 13.0 Å². The molecule has 6 nitrogen and oxygen atoms in total. The van der Waals surface area contributed by atoms with Crippen LogP contribution in [-0.4, -0.2) is 31.9 Å². The molecule has 2 aromatic rings. The summed E-state index contributed by atoms with van der Waals surface area (Å²) in [5.41, 5.74) is 2.06. The minimum atomic E-state index is -1.06. The monoisotopic (exact) mass is 455 g/mol. The molecule has 0 saturated heterocycles. The van der Waals surface area contributed by atoms with E-state index in [-0.39, 0.29) is 11.1 Å². The van der Waals surface area contributed by atoms with Gasteiger partial charge in [-0.1, -0.05) is 18.2 Å². The first-order valence-corrected chi connectivity index (χ1v) is 10.9. The molecule has 0 amide bonds. The number of hydrogen-bond acceptors (Lipinski definition) is 7. The number of allylic oxidation sites excluding steroid dienone is 3. The number of dihydropyridines is 1. The Labute approximate surface area is 188 Å². The van der Waals surface area contributed by atoms with Gasteiger partial charge in [0.2, 0.25) is 0 Å². The zero-order valence-corrected chi connectivity index (χ0v) is 18.6. The highest BCUT2D eigenvalue weighted by Crippen LogP contribution is 2.48. The van der Waals surface area contributed by atoms with Crippen LogP contribution in [0.3, 0.4) is 0 Å². The first kappa shape index (κ1) is 22.0. The summed E-state index contributed by atoms with van der Waals surface area (Å²) in [5, 5.41) is 5.09. The molecule has 0 unspecified atom stereocenters. The molecular formula is C24H22FNO5S. The van der Waals surface area contributed by atoms with Crippen LogP contribution in [0.15, 0.2) is 64.3 Å². The van der Waals surface area contributed by atoms with Crippen LogP contribution in [0.1, 0.15) is 35.6 Å². The summed E-state index contributed by atoms with van der Waals surface area (Å²) < 4.78 is 24.1. The lowest BCUT2D eigenvalue weighted by Gasteiger charge is -2.39. The lowest BCUT2D eigenvalue weighted by atomic mass is 9.68. The van der Waals surface area contributed by atoms with Crippen molar-refractivity contribution in [2.24, 2.45) is 5.92 Å². The van der Waals surface area contributed by atoms with Crippen LogP contribution in [0, 0.1) is 11.7 Å². The first-order chi connectivity index (χ1) is 15.4. The van der Waals surface area contributed by atoms with Crippen LogP contribution in [-0.2, 0) is 23.9 Å². The summed E-state index contributed by atoms with van der Waals surface area (Å²) in [7, 11) is 2.50. The molecule has 0 saturated carbocycles. The third kappa shape index (κ3) is 3.64. The van der Waals surface area contributed by atoms with Gasteiger partial charge in [-0.3, -0.25) is 9.59 Å². The van der Waals surface area contributed by atoms with Gasteiger partial charge < -0.3 is 14.8 Å². The highest BCUT2D eigenvalue weighted by atomic mass is 32.1. The van der Waals surface area contributed by atoms with Gasteiger partial charge >= 0.3 is 11.9 Å². The number of halogens is 1. The summed E-state index contributed by atoms with van der Waals surface area (Å²) >= 11 is 1.47. The normalized spacial score (nSPS) is 22.9. The van der Waals surface area contributed by atoms with Gasteiger partial charge in [-0.15, -0.1) is 11.3 Å². The van der Waals surface area contributed by atoms with Gasteiger partial charge in [0.05, 0.1) is 19.8 Å². The molecule has 2 aliphatic rings. The predicted molar refractivity (Wildman–Crippen MR) is 116 cm³/mol. The second-order valence-electron chi connectivity index (χ2n) is 7.73. The molecule has 1 N–H and O–H groups in total. The summed E-state index contributed by atoms with van der Waals surface area (Å²) in [4.78, 5) is 40.2. The van der Waals surface area contributed by atoms with E-state index in [0.29, 0.717) is 23.4 Å². The second-order valence-corrected chi connectivity index (χ2v) is 8.71. The van der Waals surface area contributed by atoms with E-state index in [2.05, 4.69) is 5.32 Å². The molecule has 166 valence electrons. The third-order valence-corrected chi connectivity index (χ3v) is 6.97. The molecule has 0 bridgehead atoms. The zero-order valence-electron chi connectivity index (χ0n) is 17.8. The van der Waals surface area contributed by atoms with Crippen molar-refractivity contribution in [2.75, 3.05) is 14.2 Å². The maximum atomic E-state index is 14.1. The standard InChI is InChI=1S/C24H22FNO5S/c1-12-18(23(28)30-2)19(13-6-4-7-14(25)10-13)21-16(26-12)11-15(17-8-5-9-32-17)20(22(21)27)24(29)31-3/h4-10,15,19-20,26H,11H2,1-3H3/t15-,19-,20-/m1/s1. The number of hydrogen-bond donors (Lipinski definition) is 1. The lowest BCUT2D eigenvalue weighted by molar-refractivity contribution is -0.149. The Hall–Kier alpha value is -3.26. The van der Waals surface area contributed by atoms with Crippen molar-refractivity contribution in [3.8, 4) is 0 Å². The zero-order chi connectivity index (χ0) is 23.0. The van der Waals surface area contributed by atoms with E-state index < -0.39 is 41.3 Å². The number of rotatable bonds is 4. The van der Waals surface area contributed by atoms with Crippen molar-refractivity contribution >= 4 is 29.1 Å². The van der Waals surface area contributed by atoms with Crippen molar-refractivity contribution in [1.29, 1.82) is 0 Å². The Balaban J connectivity index is 1.92. The van der Waals surface area contributed by atoms with E-state index in [9.17, 15) is 18.8 Å². The fourth-order valence-corrected chi connectivity index (χ4v) is 5.47. The quantitative estimate of drug-likeness (QED) is 0.558. The molecule has 32 heavy (non-hydrogen) atoms. The summed E-state index contributed by atoms with van der Waals surface area (Å²) in [5.74, 6) is -4.52.